The zero-order chi connectivity index (χ0) is 11.2. The number of rotatable bonds is 6. The molecule has 0 atom stereocenters. The first kappa shape index (κ1) is 13.7. The molecule has 0 aromatic rings. The van der Waals surface area contributed by atoms with Gasteiger partial charge in [-0.2, -0.15) is 13.2 Å². The third kappa shape index (κ3) is 7.15. The molecule has 2 nitrogen and oxygen atoms in total. The fraction of sp³-hybridized carbons (Fsp3) is 1.00. The second-order valence-corrected chi connectivity index (χ2v) is 3.64. The maximum atomic E-state index is 12.1. The Balaban J connectivity index is 3.91. The van der Waals surface area contributed by atoms with Gasteiger partial charge < -0.3 is 5.32 Å². The summed E-state index contributed by atoms with van der Waals surface area (Å²) in [4.78, 5) is 1.44. The Kier molecular flexibility index (Phi) is 6.11. The molecule has 0 aliphatic heterocycles. The van der Waals surface area contributed by atoms with E-state index in [4.69, 9.17) is 0 Å². The number of nitrogens with zero attached hydrogens (tertiary/aromatic N) is 1. The lowest BCUT2D eigenvalue weighted by atomic mass is 10.3. The molecule has 0 saturated carbocycles. The van der Waals surface area contributed by atoms with Gasteiger partial charge in [-0.05, 0) is 40.4 Å². The van der Waals surface area contributed by atoms with Gasteiger partial charge in [0.25, 0.3) is 0 Å². The number of alkyl halides is 3. The van der Waals surface area contributed by atoms with E-state index in [1.54, 1.807) is 20.9 Å². The molecule has 0 saturated heterocycles. The fourth-order valence-electron chi connectivity index (χ4n) is 1.21. The Hall–Kier alpha value is -0.290. The summed E-state index contributed by atoms with van der Waals surface area (Å²) in [6.07, 6.45) is -3.35. The minimum atomic E-state index is -4.09. The minimum Gasteiger partial charge on any atom is -0.320 e. The lowest BCUT2D eigenvalue weighted by Crippen LogP contribution is -2.40. The molecule has 0 bridgehead atoms. The summed E-state index contributed by atoms with van der Waals surface area (Å²) in [5.74, 6) is 0. The van der Waals surface area contributed by atoms with Gasteiger partial charge in [-0.3, -0.25) is 4.90 Å². The maximum absolute atomic E-state index is 12.1. The van der Waals surface area contributed by atoms with Crippen molar-refractivity contribution in [1.82, 2.24) is 10.2 Å². The van der Waals surface area contributed by atoms with Crippen LogP contribution in [-0.4, -0.2) is 43.8 Å². The molecular formula is C9H19F3N2. The molecule has 0 unspecified atom stereocenters. The highest BCUT2D eigenvalue weighted by Gasteiger charge is 2.31. The molecule has 0 aromatic carbocycles. The van der Waals surface area contributed by atoms with Gasteiger partial charge in [0.1, 0.15) is 0 Å². The monoisotopic (exact) mass is 212 g/mol. The van der Waals surface area contributed by atoms with Crippen LogP contribution in [0.4, 0.5) is 13.2 Å². The van der Waals surface area contributed by atoms with E-state index in [2.05, 4.69) is 5.32 Å². The van der Waals surface area contributed by atoms with Crippen LogP contribution in [0.2, 0.25) is 0 Å². The summed E-state index contributed by atoms with van der Waals surface area (Å²) in [5.41, 5.74) is 0. The van der Waals surface area contributed by atoms with Gasteiger partial charge in [0.15, 0.2) is 0 Å². The van der Waals surface area contributed by atoms with Crippen molar-refractivity contribution in [3.05, 3.63) is 0 Å². The van der Waals surface area contributed by atoms with Crippen LogP contribution < -0.4 is 5.32 Å². The molecule has 0 fully saturated rings. The molecule has 86 valence electrons. The van der Waals surface area contributed by atoms with Gasteiger partial charge in [0, 0.05) is 6.04 Å². The highest BCUT2D eigenvalue weighted by molar-refractivity contribution is 4.67. The SMILES string of the molecule is CNCCCN(CC(F)(F)F)C(C)C. The van der Waals surface area contributed by atoms with Crippen molar-refractivity contribution >= 4 is 0 Å². The molecule has 0 spiro atoms. The molecule has 5 heteroatoms. The summed E-state index contributed by atoms with van der Waals surface area (Å²) in [6.45, 7) is 3.99. The molecule has 14 heavy (non-hydrogen) atoms. The number of halogens is 3. The van der Waals surface area contributed by atoms with E-state index >= 15 is 0 Å². The van der Waals surface area contributed by atoms with E-state index in [0.29, 0.717) is 6.54 Å². The predicted molar refractivity (Wildman–Crippen MR) is 51.3 cm³/mol. The second kappa shape index (κ2) is 6.24. The zero-order valence-corrected chi connectivity index (χ0v) is 8.99. The maximum Gasteiger partial charge on any atom is 0.401 e. The van der Waals surface area contributed by atoms with Crippen molar-refractivity contribution in [1.29, 1.82) is 0 Å². The average molecular weight is 212 g/mol. The highest BCUT2D eigenvalue weighted by atomic mass is 19.4. The van der Waals surface area contributed by atoms with Crippen molar-refractivity contribution in [3.63, 3.8) is 0 Å². The second-order valence-electron chi connectivity index (χ2n) is 3.64. The van der Waals surface area contributed by atoms with E-state index < -0.39 is 12.7 Å². The van der Waals surface area contributed by atoms with Crippen LogP contribution in [0.1, 0.15) is 20.3 Å². The summed E-state index contributed by atoms with van der Waals surface area (Å²) >= 11 is 0. The van der Waals surface area contributed by atoms with Gasteiger partial charge in [0.2, 0.25) is 0 Å². The Morgan fingerprint density at radius 1 is 1.29 bits per heavy atom. The van der Waals surface area contributed by atoms with Gasteiger partial charge >= 0.3 is 6.18 Å². The molecule has 0 heterocycles. The summed E-state index contributed by atoms with van der Waals surface area (Å²) in [6, 6.07) is -0.0616. The normalized spacial score (nSPS) is 12.9. The molecule has 0 aliphatic carbocycles. The summed E-state index contributed by atoms with van der Waals surface area (Å²) < 4.78 is 36.4. The quantitative estimate of drug-likeness (QED) is 0.676. The Morgan fingerprint density at radius 2 is 1.86 bits per heavy atom. The zero-order valence-electron chi connectivity index (χ0n) is 8.99. The molecule has 0 radical (unpaired) electrons. The number of nitrogens with one attached hydrogen (secondary N) is 1. The van der Waals surface area contributed by atoms with Crippen molar-refractivity contribution < 1.29 is 13.2 Å². The van der Waals surface area contributed by atoms with Crippen molar-refractivity contribution in [2.24, 2.45) is 0 Å². The molecule has 1 N–H and O–H groups in total. The molecule has 0 aliphatic rings. The van der Waals surface area contributed by atoms with E-state index in [1.807, 2.05) is 0 Å². The van der Waals surface area contributed by atoms with Crippen molar-refractivity contribution in [3.8, 4) is 0 Å². The van der Waals surface area contributed by atoms with Crippen molar-refractivity contribution in [2.75, 3.05) is 26.7 Å². The van der Waals surface area contributed by atoms with Crippen LogP contribution in [0.25, 0.3) is 0 Å². The van der Waals surface area contributed by atoms with Crippen LogP contribution in [-0.2, 0) is 0 Å². The minimum absolute atomic E-state index is 0.0616. The summed E-state index contributed by atoms with van der Waals surface area (Å²) in [5, 5.41) is 2.92. The molecular weight excluding hydrogens is 193 g/mol. The van der Waals surface area contributed by atoms with Gasteiger partial charge in [-0.15, -0.1) is 0 Å². The van der Waals surface area contributed by atoms with Crippen LogP contribution in [0, 0.1) is 0 Å². The lowest BCUT2D eigenvalue weighted by Gasteiger charge is -2.27. The third-order valence-corrected chi connectivity index (χ3v) is 1.98. The number of hydrogen-bond acceptors (Lipinski definition) is 2. The fourth-order valence-corrected chi connectivity index (χ4v) is 1.21. The predicted octanol–water partition coefficient (Wildman–Crippen LogP) is 1.87. The third-order valence-electron chi connectivity index (χ3n) is 1.98. The van der Waals surface area contributed by atoms with E-state index in [0.717, 1.165) is 13.0 Å². The molecule has 0 amide bonds. The molecule has 0 aromatic heterocycles. The van der Waals surface area contributed by atoms with E-state index in [1.165, 1.54) is 4.90 Å². The Bertz CT molecular complexity index is 145. The first-order valence-electron chi connectivity index (χ1n) is 4.82. The largest absolute Gasteiger partial charge is 0.401 e. The van der Waals surface area contributed by atoms with Gasteiger partial charge in [-0.25, -0.2) is 0 Å². The Morgan fingerprint density at radius 3 is 2.21 bits per heavy atom. The first-order valence-corrected chi connectivity index (χ1v) is 4.82. The number of hydrogen-bond donors (Lipinski definition) is 1. The topological polar surface area (TPSA) is 15.3 Å². The van der Waals surface area contributed by atoms with Crippen LogP contribution in [0.15, 0.2) is 0 Å². The Labute approximate surface area is 83.5 Å². The summed E-state index contributed by atoms with van der Waals surface area (Å²) in [7, 11) is 1.80. The van der Waals surface area contributed by atoms with E-state index in [-0.39, 0.29) is 6.04 Å². The van der Waals surface area contributed by atoms with Crippen LogP contribution in [0.5, 0.6) is 0 Å². The van der Waals surface area contributed by atoms with Crippen LogP contribution >= 0.6 is 0 Å². The van der Waals surface area contributed by atoms with Gasteiger partial charge in [0.05, 0.1) is 6.54 Å². The average Bonchev–Trinajstić information content (AvgIpc) is 2.00. The molecule has 0 rings (SSSR count). The lowest BCUT2D eigenvalue weighted by molar-refractivity contribution is -0.149. The van der Waals surface area contributed by atoms with Crippen LogP contribution in [0.3, 0.4) is 0 Å². The van der Waals surface area contributed by atoms with E-state index in [9.17, 15) is 13.2 Å². The van der Waals surface area contributed by atoms with Crippen molar-refractivity contribution in [2.45, 2.75) is 32.5 Å². The standard InChI is InChI=1S/C9H19F3N2/c1-8(2)14(6-4-5-13-3)7-9(10,11)12/h8,13H,4-7H2,1-3H3. The smallest absolute Gasteiger partial charge is 0.320 e. The first-order chi connectivity index (χ1) is 6.37. The highest BCUT2D eigenvalue weighted by Crippen LogP contribution is 2.17. The van der Waals surface area contributed by atoms with Gasteiger partial charge in [-0.1, -0.05) is 0 Å².